The normalized spacial score (nSPS) is 14.7. The Balaban J connectivity index is 1.86. The van der Waals surface area contributed by atoms with E-state index in [0.29, 0.717) is 23.3 Å². The molecule has 0 saturated heterocycles. The summed E-state index contributed by atoms with van der Waals surface area (Å²) in [6.07, 6.45) is -13.7. The molecule has 15 heteroatoms. The minimum atomic E-state index is -5.12. The number of aliphatic carboxylic acids is 1. The van der Waals surface area contributed by atoms with Gasteiger partial charge in [0.05, 0.1) is 18.2 Å². The van der Waals surface area contributed by atoms with E-state index in [1.165, 1.54) is 30.3 Å². The molecule has 9 nitrogen and oxygen atoms in total. The largest absolute Gasteiger partial charge is 0.480 e. The number of nitrogens with zero attached hydrogens (tertiary/aromatic N) is 2. The van der Waals surface area contributed by atoms with Gasteiger partial charge >= 0.3 is 24.4 Å². The van der Waals surface area contributed by atoms with Crippen LogP contribution in [-0.2, 0) is 28.3 Å². The summed E-state index contributed by atoms with van der Waals surface area (Å²) in [6, 6.07) is 6.70. The number of alkyl halides is 6. The number of carbonyl (C=O) groups excluding carboxylic acids is 1. The van der Waals surface area contributed by atoms with Crippen molar-refractivity contribution in [1.82, 2.24) is 15.3 Å². The van der Waals surface area contributed by atoms with Crippen LogP contribution in [0, 0.1) is 0 Å². The highest BCUT2D eigenvalue weighted by Crippen LogP contribution is 2.38. The van der Waals surface area contributed by atoms with E-state index in [4.69, 9.17) is 16.6 Å². The maximum atomic E-state index is 13.3. The molecule has 0 radical (unpaired) electrons. The summed E-state index contributed by atoms with van der Waals surface area (Å²) in [5.74, 6) is -2.08. The molecule has 3 aromatic rings. The number of ether oxygens (including phenoxy) is 2. The van der Waals surface area contributed by atoms with Crippen LogP contribution in [0.3, 0.4) is 0 Å². The van der Waals surface area contributed by atoms with E-state index < -0.39 is 64.7 Å². The molecule has 232 valence electrons. The molecular formula is C28H28F6N4O5. The fourth-order valence-electron chi connectivity index (χ4n) is 3.71. The summed E-state index contributed by atoms with van der Waals surface area (Å²) in [7, 11) is 0. The van der Waals surface area contributed by atoms with Gasteiger partial charge in [-0.2, -0.15) is 31.3 Å². The van der Waals surface area contributed by atoms with E-state index >= 15 is 0 Å². The van der Waals surface area contributed by atoms with E-state index in [1.54, 1.807) is 20.8 Å². The number of carboxylic acids is 1. The van der Waals surface area contributed by atoms with E-state index in [2.05, 4.69) is 15.3 Å². The van der Waals surface area contributed by atoms with Gasteiger partial charge in [0.15, 0.2) is 0 Å². The summed E-state index contributed by atoms with van der Waals surface area (Å²) in [5, 5.41) is 11.8. The third-order valence-electron chi connectivity index (χ3n) is 5.65. The minimum Gasteiger partial charge on any atom is -0.480 e. The molecule has 1 amide bonds. The Hall–Kier alpha value is -4.56. The van der Waals surface area contributed by atoms with Crippen molar-refractivity contribution in [2.24, 2.45) is 0 Å². The SMILES string of the molecule is [2H]C(C)(Oc1cc(-c2ccc(C[C@H](NC(=O)OC(C)(C)C)C(=O)O)cc2)nc(N)n1)c1cc(C(F)(F)F)cc(C(F)(F)F)c1. The smallest absolute Gasteiger partial charge is 0.416 e. The monoisotopic (exact) mass is 615 g/mol. The van der Waals surface area contributed by atoms with Gasteiger partial charge in [0.25, 0.3) is 0 Å². The lowest BCUT2D eigenvalue weighted by Gasteiger charge is -2.22. The minimum absolute atomic E-state index is 0.0592. The van der Waals surface area contributed by atoms with Gasteiger partial charge in [-0.15, -0.1) is 0 Å². The number of aromatic nitrogens is 2. The number of carbonyl (C=O) groups is 2. The summed E-state index contributed by atoms with van der Waals surface area (Å²) in [5.41, 5.74) is 1.97. The first kappa shape index (κ1) is 31.4. The van der Waals surface area contributed by atoms with Gasteiger partial charge in [-0.1, -0.05) is 24.3 Å². The second-order valence-electron chi connectivity index (χ2n) is 10.3. The predicted molar refractivity (Wildman–Crippen MR) is 142 cm³/mol. The first-order valence-electron chi connectivity index (χ1n) is 13.0. The zero-order valence-corrected chi connectivity index (χ0v) is 23.2. The Morgan fingerprint density at radius 2 is 1.53 bits per heavy atom. The fourth-order valence-corrected chi connectivity index (χ4v) is 3.71. The molecular weight excluding hydrogens is 586 g/mol. The highest BCUT2D eigenvalue weighted by molar-refractivity contribution is 5.80. The summed E-state index contributed by atoms with van der Waals surface area (Å²) >= 11 is 0. The number of rotatable bonds is 8. The number of hydrogen-bond acceptors (Lipinski definition) is 7. The molecule has 0 aliphatic carbocycles. The molecule has 2 atom stereocenters. The molecule has 2 aromatic carbocycles. The molecule has 1 unspecified atom stereocenters. The number of amides is 1. The molecule has 0 saturated carbocycles. The van der Waals surface area contributed by atoms with Gasteiger partial charge in [0.1, 0.15) is 17.7 Å². The van der Waals surface area contributed by atoms with Crippen molar-refractivity contribution in [3.05, 3.63) is 70.8 Å². The zero-order chi connectivity index (χ0) is 33.3. The summed E-state index contributed by atoms with van der Waals surface area (Å²) in [6.45, 7) is 5.81. The fraction of sp³-hybridized carbons (Fsp3) is 0.357. The molecule has 1 aromatic heterocycles. The average molecular weight is 616 g/mol. The number of hydrogen-bond donors (Lipinski definition) is 3. The highest BCUT2D eigenvalue weighted by atomic mass is 19.4. The van der Waals surface area contributed by atoms with Crippen LogP contribution in [0.2, 0.25) is 0 Å². The number of carboxylic acid groups (broad SMARTS) is 1. The summed E-state index contributed by atoms with van der Waals surface area (Å²) in [4.78, 5) is 31.6. The second kappa shape index (κ2) is 12.4. The van der Waals surface area contributed by atoms with Crippen LogP contribution in [0.1, 0.15) is 57.4 Å². The molecule has 0 bridgehead atoms. The van der Waals surface area contributed by atoms with Gasteiger partial charge in [-0.3, -0.25) is 0 Å². The van der Waals surface area contributed by atoms with Crippen molar-refractivity contribution in [1.29, 1.82) is 0 Å². The van der Waals surface area contributed by atoms with Crippen LogP contribution in [0.15, 0.2) is 48.5 Å². The molecule has 0 fully saturated rings. The zero-order valence-electron chi connectivity index (χ0n) is 24.2. The maximum absolute atomic E-state index is 13.3. The van der Waals surface area contributed by atoms with Crippen molar-refractivity contribution < 1.29 is 51.9 Å². The third-order valence-corrected chi connectivity index (χ3v) is 5.65. The highest BCUT2D eigenvalue weighted by Gasteiger charge is 2.37. The number of nitrogens with two attached hydrogens (primary N) is 1. The molecule has 43 heavy (non-hydrogen) atoms. The Kier molecular flexibility index (Phi) is 9.01. The van der Waals surface area contributed by atoms with E-state index in [0.717, 1.165) is 6.92 Å². The third kappa shape index (κ3) is 9.48. The first-order chi connectivity index (χ1) is 20.0. The van der Waals surface area contributed by atoms with Gasteiger partial charge in [0, 0.05) is 18.1 Å². The second-order valence-corrected chi connectivity index (χ2v) is 10.3. The molecule has 0 aliphatic heterocycles. The van der Waals surface area contributed by atoms with Crippen molar-refractivity contribution in [3.63, 3.8) is 0 Å². The van der Waals surface area contributed by atoms with Crippen LogP contribution in [0.25, 0.3) is 11.3 Å². The van der Waals surface area contributed by atoms with Gasteiger partial charge in [-0.05, 0) is 57.0 Å². The number of halogens is 6. The standard InChI is InChI=1S/C28H28F6N4O5/c1-14(17-10-18(27(29,30)31)12-19(11-17)28(32,33)34)42-22-13-20(36-24(35)38-22)16-7-5-15(6-8-16)9-21(23(39)40)37-25(41)43-26(2,3)4/h5-8,10-14,21H,9H2,1-4H3,(H,37,41)(H,39,40)(H2,35,36,38)/t14?,21-/m0/s1/i14D. The van der Waals surface area contributed by atoms with Crippen LogP contribution in [-0.4, -0.2) is 38.8 Å². The lowest BCUT2D eigenvalue weighted by molar-refractivity contribution is -0.143. The number of alkyl carbamates (subject to hydrolysis) is 1. The van der Waals surface area contributed by atoms with Crippen molar-refractivity contribution >= 4 is 18.0 Å². The van der Waals surface area contributed by atoms with E-state index in [9.17, 15) is 41.0 Å². The van der Waals surface area contributed by atoms with Gasteiger partial charge in [0.2, 0.25) is 11.8 Å². The van der Waals surface area contributed by atoms with Crippen LogP contribution < -0.4 is 15.8 Å². The first-order valence-corrected chi connectivity index (χ1v) is 12.5. The molecule has 3 rings (SSSR count). The molecule has 0 spiro atoms. The Bertz CT molecular complexity index is 1490. The Morgan fingerprint density at radius 3 is 2.02 bits per heavy atom. The Morgan fingerprint density at radius 1 is 0.977 bits per heavy atom. The van der Waals surface area contributed by atoms with Crippen molar-refractivity contribution in [2.45, 2.75) is 64.2 Å². The van der Waals surface area contributed by atoms with Gasteiger partial charge in [-0.25, -0.2) is 14.6 Å². The van der Waals surface area contributed by atoms with Crippen LogP contribution in [0.5, 0.6) is 5.88 Å². The van der Waals surface area contributed by atoms with Gasteiger partial charge < -0.3 is 25.6 Å². The number of benzene rings is 2. The quantitative estimate of drug-likeness (QED) is 0.247. The van der Waals surface area contributed by atoms with Crippen LogP contribution in [0.4, 0.5) is 37.1 Å². The lowest BCUT2D eigenvalue weighted by atomic mass is 10.0. The number of nitrogens with one attached hydrogen (secondary N) is 1. The van der Waals surface area contributed by atoms with E-state index in [-0.39, 0.29) is 24.1 Å². The molecule has 4 N–H and O–H groups in total. The molecule has 1 heterocycles. The topological polar surface area (TPSA) is 137 Å². The maximum Gasteiger partial charge on any atom is 0.416 e. The van der Waals surface area contributed by atoms with Crippen molar-refractivity contribution in [3.8, 4) is 17.1 Å². The predicted octanol–water partition coefficient (Wildman–Crippen LogP) is 6.42. The Labute approximate surface area is 243 Å². The number of nitrogen functional groups attached to an aromatic ring is 1. The lowest BCUT2D eigenvalue weighted by Crippen LogP contribution is -2.44. The molecule has 0 aliphatic rings. The van der Waals surface area contributed by atoms with E-state index in [1.807, 2.05) is 0 Å². The van der Waals surface area contributed by atoms with Crippen molar-refractivity contribution in [2.75, 3.05) is 5.73 Å². The van der Waals surface area contributed by atoms with Crippen LogP contribution >= 0.6 is 0 Å². The average Bonchev–Trinajstić information content (AvgIpc) is 2.85. The summed E-state index contributed by atoms with van der Waals surface area (Å²) < 4.78 is 99.0. The number of anilines is 1.